The van der Waals surface area contributed by atoms with Crippen LogP contribution < -0.4 is 5.46 Å². The van der Waals surface area contributed by atoms with Crippen molar-refractivity contribution in [2.75, 3.05) is 40.6 Å². The van der Waals surface area contributed by atoms with E-state index in [-0.39, 0.29) is 44.5 Å². The Bertz CT molecular complexity index is 1820. The number of benzene rings is 2. The first kappa shape index (κ1) is 52.9. The summed E-state index contributed by atoms with van der Waals surface area (Å²) in [6.07, 6.45) is 1.36. The molecule has 2 N–H and O–H groups in total. The van der Waals surface area contributed by atoms with Crippen molar-refractivity contribution in [2.45, 2.75) is 55.4 Å². The molecule has 2 unspecified atom stereocenters. The van der Waals surface area contributed by atoms with Crippen LogP contribution in [-0.2, 0) is 31.8 Å². The number of methoxy groups -OCH3 is 2. The molecular weight excluding hydrogens is 925 g/mol. The molecule has 4 aromatic rings. The molecule has 4 rings (SSSR count). The van der Waals surface area contributed by atoms with Crippen molar-refractivity contribution >= 4 is 72.3 Å². The van der Waals surface area contributed by atoms with Gasteiger partial charge in [0.15, 0.2) is 11.4 Å². The summed E-state index contributed by atoms with van der Waals surface area (Å²) in [6, 6.07) is 15.8. The molecule has 0 amide bonds. The van der Waals surface area contributed by atoms with Gasteiger partial charge in [0.2, 0.25) is 0 Å². The van der Waals surface area contributed by atoms with Gasteiger partial charge in [-0.2, -0.15) is 0 Å². The number of halogens is 5. The van der Waals surface area contributed by atoms with Crippen LogP contribution in [0.2, 0.25) is 0 Å². The summed E-state index contributed by atoms with van der Waals surface area (Å²) in [6.45, 7) is 9.44. The summed E-state index contributed by atoms with van der Waals surface area (Å²) in [5.74, 6) is -1.36. The molecule has 10 nitrogen and oxygen atoms in total. The fourth-order valence-corrected chi connectivity index (χ4v) is 6.08. The van der Waals surface area contributed by atoms with Crippen molar-refractivity contribution in [2.24, 2.45) is 11.8 Å². The Kier molecular flexibility index (Phi) is 26.0. The third kappa shape index (κ3) is 17.6. The Morgan fingerprint density at radius 1 is 0.714 bits per heavy atom. The molecule has 0 saturated carbocycles. The van der Waals surface area contributed by atoms with Crippen molar-refractivity contribution in [3.05, 3.63) is 108 Å². The Morgan fingerprint density at radius 3 is 1.64 bits per heavy atom. The average molecular weight is 977 g/mol. The average Bonchev–Trinajstić information content (AvgIpc) is 3.12. The van der Waals surface area contributed by atoms with Gasteiger partial charge >= 0.3 is 19.1 Å². The minimum absolute atomic E-state index is 0. The first-order valence-corrected chi connectivity index (χ1v) is 19.3. The second-order valence-corrected chi connectivity index (χ2v) is 14.6. The van der Waals surface area contributed by atoms with Crippen LogP contribution in [0, 0.1) is 23.5 Å². The highest BCUT2D eigenvalue weighted by molar-refractivity contribution is 9.11. The number of rotatable bonds is 14. The van der Waals surface area contributed by atoms with Crippen LogP contribution >= 0.6 is 47.8 Å². The summed E-state index contributed by atoms with van der Waals surface area (Å²) in [5, 5.41) is 17.2. The van der Waals surface area contributed by atoms with Gasteiger partial charge in [0, 0.05) is 47.4 Å². The number of nitrogens with zero attached hydrogens (tertiary/aromatic N) is 2. The van der Waals surface area contributed by atoms with E-state index < -0.39 is 24.7 Å². The normalized spacial score (nSPS) is 11.2. The molecule has 2 atom stereocenters. The molecule has 2 heterocycles. The third-order valence-electron chi connectivity index (χ3n) is 7.34. The van der Waals surface area contributed by atoms with Crippen LogP contribution in [0.4, 0.5) is 8.78 Å². The first-order chi connectivity index (χ1) is 25.6. The van der Waals surface area contributed by atoms with Crippen LogP contribution in [0.3, 0.4) is 0 Å². The maximum atomic E-state index is 14.2. The van der Waals surface area contributed by atoms with Crippen LogP contribution in [-0.4, -0.2) is 79.7 Å². The summed E-state index contributed by atoms with van der Waals surface area (Å²) >= 11 is 9.68. The van der Waals surface area contributed by atoms with Gasteiger partial charge in [0.25, 0.3) is 0 Å². The van der Waals surface area contributed by atoms with E-state index >= 15 is 0 Å². The van der Waals surface area contributed by atoms with Gasteiger partial charge < -0.3 is 29.0 Å². The molecule has 0 aliphatic rings. The third-order valence-corrected chi connectivity index (χ3v) is 8.77. The van der Waals surface area contributed by atoms with E-state index in [1.165, 1.54) is 24.3 Å². The van der Waals surface area contributed by atoms with Crippen molar-refractivity contribution in [3.8, 4) is 11.3 Å². The van der Waals surface area contributed by atoms with Crippen LogP contribution in [0.25, 0.3) is 11.3 Å². The van der Waals surface area contributed by atoms with E-state index in [0.29, 0.717) is 58.2 Å². The van der Waals surface area contributed by atoms with Crippen LogP contribution in [0.15, 0.2) is 74.2 Å². The van der Waals surface area contributed by atoms with Gasteiger partial charge in [-0.15, -0.1) is 0 Å². The van der Waals surface area contributed by atoms with Gasteiger partial charge in [0.1, 0.15) is 16.2 Å². The maximum Gasteiger partial charge on any atom is 0.491 e. The number of carbonyl (C=O) groups is 2. The van der Waals surface area contributed by atoms with E-state index in [1.807, 2.05) is 19.1 Å². The SMILES string of the molecule is C.C.CCOC(=O)c1nc(-c2cc(Br)ccc2F)ccc1CC(C)COC.CCOC(=O)c1nc(Br)ccc1CC(C)COC.OB(O)c1cc(Br)ccc1F. The van der Waals surface area contributed by atoms with Crippen LogP contribution in [0.5, 0.6) is 0 Å². The zero-order valence-corrected chi connectivity index (χ0v) is 35.6. The van der Waals surface area contributed by atoms with Crippen molar-refractivity contribution in [3.63, 3.8) is 0 Å². The lowest BCUT2D eigenvalue weighted by Crippen LogP contribution is -2.32. The van der Waals surface area contributed by atoms with Crippen molar-refractivity contribution in [1.82, 2.24) is 9.97 Å². The molecule has 308 valence electrons. The number of ether oxygens (including phenoxy) is 4. The Morgan fingerprint density at radius 2 is 1.18 bits per heavy atom. The quantitative estimate of drug-likeness (QED) is 0.0716. The zero-order chi connectivity index (χ0) is 40.4. The molecule has 0 saturated heterocycles. The molecule has 0 fully saturated rings. The Hall–Kier alpha value is -3.12. The maximum absolute atomic E-state index is 14.2. The lowest BCUT2D eigenvalue weighted by atomic mass is 9.80. The summed E-state index contributed by atoms with van der Waals surface area (Å²) in [5.41, 5.74) is 2.86. The van der Waals surface area contributed by atoms with Crippen LogP contribution in [0.1, 0.15) is 74.7 Å². The van der Waals surface area contributed by atoms with Gasteiger partial charge in [0.05, 0.1) is 18.9 Å². The number of hydrogen-bond acceptors (Lipinski definition) is 10. The summed E-state index contributed by atoms with van der Waals surface area (Å²) in [4.78, 5) is 32.7. The Labute approximate surface area is 355 Å². The number of esters is 2. The Balaban J connectivity index is 0.000000856. The fraction of sp³-hybridized carbons (Fsp3) is 0.400. The molecule has 2 aromatic heterocycles. The molecule has 0 spiro atoms. The van der Waals surface area contributed by atoms with Gasteiger partial charge in [-0.3, -0.25) is 0 Å². The molecule has 2 aromatic carbocycles. The lowest BCUT2D eigenvalue weighted by Gasteiger charge is -2.14. The lowest BCUT2D eigenvalue weighted by molar-refractivity contribution is 0.0508. The molecule has 0 radical (unpaired) electrons. The monoisotopic (exact) mass is 974 g/mol. The van der Waals surface area contributed by atoms with E-state index in [0.717, 1.165) is 22.0 Å². The van der Waals surface area contributed by atoms with Gasteiger partial charge in [-0.25, -0.2) is 28.3 Å². The van der Waals surface area contributed by atoms with E-state index in [9.17, 15) is 18.4 Å². The standard InChI is InChI=1S/C19H21BrFNO3.C13H18BrNO3.C6H5BBrFO2.2CH4/c1-4-25-19(23)18-13(9-12(2)11-24-3)5-8-17(22-18)15-10-14(20)6-7-16(15)21;1-4-18-13(16)12-10(5-6-11(14)15-12)7-9(2)8-17-3;8-4-1-2-6(9)5(3-4)7(10)11;;/h5-8,10,12H,4,9,11H2,1-3H3;5-6,9H,4,7-8H2,1-3H3;1-3,10-11H;2*1H4. The number of hydrogen-bond donors (Lipinski definition) is 2. The van der Waals surface area contributed by atoms with E-state index in [4.69, 9.17) is 29.0 Å². The highest BCUT2D eigenvalue weighted by Gasteiger charge is 2.20. The summed E-state index contributed by atoms with van der Waals surface area (Å²) in [7, 11) is 1.55. The van der Waals surface area contributed by atoms with Gasteiger partial charge in [-0.1, -0.05) is 72.7 Å². The number of pyridine rings is 2. The second kappa shape index (κ2) is 27.5. The van der Waals surface area contributed by atoms with E-state index in [1.54, 1.807) is 52.3 Å². The summed E-state index contributed by atoms with van der Waals surface area (Å²) < 4.78 is 49.2. The molecule has 0 aliphatic carbocycles. The predicted octanol–water partition coefficient (Wildman–Crippen LogP) is 9.04. The highest BCUT2D eigenvalue weighted by atomic mass is 79.9. The molecule has 0 aliphatic heterocycles. The van der Waals surface area contributed by atoms with E-state index in [2.05, 4.69) is 64.7 Å². The molecular formula is C40H52BBr3F2N2O8. The topological polar surface area (TPSA) is 137 Å². The minimum Gasteiger partial charge on any atom is -0.461 e. The second-order valence-electron chi connectivity index (χ2n) is 12.0. The fourth-order valence-electron chi connectivity index (χ4n) is 5.03. The van der Waals surface area contributed by atoms with Gasteiger partial charge in [-0.05, 0) is 114 Å². The minimum atomic E-state index is -1.76. The predicted molar refractivity (Wildman–Crippen MR) is 228 cm³/mol. The zero-order valence-electron chi connectivity index (χ0n) is 30.9. The molecule has 56 heavy (non-hydrogen) atoms. The highest BCUT2D eigenvalue weighted by Crippen LogP contribution is 2.27. The number of aromatic nitrogens is 2. The smallest absolute Gasteiger partial charge is 0.461 e. The molecule has 0 bridgehead atoms. The number of carbonyl (C=O) groups excluding carboxylic acids is 2. The molecule has 16 heteroatoms. The largest absolute Gasteiger partial charge is 0.491 e. The first-order valence-electron chi connectivity index (χ1n) is 16.9. The van der Waals surface area contributed by atoms with Crippen molar-refractivity contribution in [1.29, 1.82) is 0 Å². The van der Waals surface area contributed by atoms with Crippen molar-refractivity contribution < 1.29 is 47.4 Å².